The zero-order valence-electron chi connectivity index (χ0n) is 7.40. The van der Waals surface area contributed by atoms with Crippen LogP contribution in [0.1, 0.15) is 10.5 Å². The highest BCUT2D eigenvalue weighted by Crippen LogP contribution is 2.20. The molecule has 0 spiro atoms. The van der Waals surface area contributed by atoms with Gasteiger partial charge in [-0.25, -0.2) is 0 Å². The van der Waals surface area contributed by atoms with E-state index in [0.717, 1.165) is 17.3 Å². The Balaban J connectivity index is 2.50. The third-order valence-electron chi connectivity index (χ3n) is 2.42. The molecule has 14 heavy (non-hydrogen) atoms. The highest BCUT2D eigenvalue weighted by molar-refractivity contribution is 5.96. The molecule has 0 radical (unpaired) electrons. The Kier molecular flexibility index (Phi) is 1.31. The molecule has 0 aliphatic rings. The molecule has 0 aliphatic heterocycles. The molecule has 3 heteroatoms. The van der Waals surface area contributed by atoms with Crippen molar-refractivity contribution >= 4 is 22.7 Å². The van der Waals surface area contributed by atoms with Crippen molar-refractivity contribution in [2.24, 2.45) is 0 Å². The Morgan fingerprint density at radius 1 is 1.21 bits per heavy atom. The van der Waals surface area contributed by atoms with Gasteiger partial charge in [-0.05, 0) is 0 Å². The van der Waals surface area contributed by atoms with Crippen LogP contribution in [0.15, 0.2) is 36.7 Å². The van der Waals surface area contributed by atoms with Crippen molar-refractivity contribution in [1.82, 2.24) is 9.38 Å². The number of hydrogen-bond donors (Lipinski definition) is 1. The van der Waals surface area contributed by atoms with E-state index in [0.29, 0.717) is 5.69 Å². The van der Waals surface area contributed by atoms with Crippen molar-refractivity contribution in [1.29, 1.82) is 0 Å². The summed E-state index contributed by atoms with van der Waals surface area (Å²) in [4.78, 5) is 13.6. The van der Waals surface area contributed by atoms with Crippen molar-refractivity contribution in [2.45, 2.75) is 0 Å². The van der Waals surface area contributed by atoms with E-state index < -0.39 is 0 Å². The van der Waals surface area contributed by atoms with Crippen LogP contribution in [-0.4, -0.2) is 15.7 Å². The lowest BCUT2D eigenvalue weighted by atomic mass is 10.2. The second kappa shape index (κ2) is 2.48. The summed E-state index contributed by atoms with van der Waals surface area (Å²) >= 11 is 0. The maximum atomic E-state index is 10.6. The normalized spacial score (nSPS) is 11.1. The van der Waals surface area contributed by atoms with Gasteiger partial charge in [0.2, 0.25) is 0 Å². The molecular formula is C11H8N2O. The van der Waals surface area contributed by atoms with Crippen LogP contribution in [0, 0.1) is 0 Å². The standard InChI is InChI=1S/C11H8N2O/c14-7-9-6-13-5-8-3-1-2-4-10(8)11(13)12-9/h1-7,12H. The van der Waals surface area contributed by atoms with Crippen molar-refractivity contribution in [3.8, 4) is 0 Å². The third kappa shape index (κ3) is 0.836. The minimum absolute atomic E-state index is 0.603. The topological polar surface area (TPSA) is 37.3 Å². The molecule has 1 aromatic carbocycles. The molecule has 0 saturated heterocycles. The molecule has 1 N–H and O–H groups in total. The van der Waals surface area contributed by atoms with E-state index >= 15 is 0 Å². The lowest BCUT2D eigenvalue weighted by Crippen LogP contribution is -1.75. The number of H-pyrrole nitrogens is 1. The van der Waals surface area contributed by atoms with Gasteiger partial charge in [0.05, 0.1) is 5.69 Å². The van der Waals surface area contributed by atoms with Gasteiger partial charge in [-0.15, -0.1) is 0 Å². The first-order chi connectivity index (χ1) is 6.88. The maximum Gasteiger partial charge on any atom is 0.167 e. The number of aldehydes is 1. The molecule has 0 atom stereocenters. The first kappa shape index (κ1) is 7.38. The van der Waals surface area contributed by atoms with Gasteiger partial charge in [-0.2, -0.15) is 0 Å². The summed E-state index contributed by atoms with van der Waals surface area (Å²) in [6, 6.07) is 8.08. The lowest BCUT2D eigenvalue weighted by Gasteiger charge is -1.86. The van der Waals surface area contributed by atoms with Crippen LogP contribution in [0.4, 0.5) is 0 Å². The fourth-order valence-corrected chi connectivity index (χ4v) is 1.79. The summed E-state index contributed by atoms with van der Waals surface area (Å²) in [6.07, 6.45) is 4.62. The zero-order chi connectivity index (χ0) is 9.54. The molecule has 3 rings (SSSR count). The van der Waals surface area contributed by atoms with Crippen LogP contribution in [0.5, 0.6) is 0 Å². The summed E-state index contributed by atoms with van der Waals surface area (Å²) in [6.45, 7) is 0. The molecule has 0 saturated carbocycles. The molecule has 68 valence electrons. The van der Waals surface area contributed by atoms with Crippen molar-refractivity contribution in [3.63, 3.8) is 0 Å². The van der Waals surface area contributed by atoms with E-state index in [1.165, 1.54) is 5.39 Å². The van der Waals surface area contributed by atoms with Gasteiger partial charge in [0.25, 0.3) is 0 Å². The van der Waals surface area contributed by atoms with Crippen LogP contribution in [0.3, 0.4) is 0 Å². The van der Waals surface area contributed by atoms with Crippen LogP contribution < -0.4 is 0 Å². The van der Waals surface area contributed by atoms with Crippen LogP contribution in [0.25, 0.3) is 16.4 Å². The van der Waals surface area contributed by atoms with Crippen LogP contribution >= 0.6 is 0 Å². The van der Waals surface area contributed by atoms with E-state index in [2.05, 4.69) is 11.1 Å². The summed E-state index contributed by atoms with van der Waals surface area (Å²) in [5.41, 5.74) is 1.58. The quantitative estimate of drug-likeness (QED) is 0.578. The number of benzene rings is 1. The van der Waals surface area contributed by atoms with E-state index in [1.54, 1.807) is 6.20 Å². The number of aromatic amines is 1. The van der Waals surface area contributed by atoms with E-state index in [4.69, 9.17) is 0 Å². The van der Waals surface area contributed by atoms with Gasteiger partial charge in [-0.1, -0.05) is 24.3 Å². The number of nitrogens with zero attached hydrogens (tertiary/aromatic N) is 1. The Bertz CT molecular complexity index is 618. The third-order valence-corrected chi connectivity index (χ3v) is 2.42. The Labute approximate surface area is 80.0 Å². The number of rotatable bonds is 1. The molecule has 0 amide bonds. The number of carbonyl (C=O) groups excluding carboxylic acids is 1. The van der Waals surface area contributed by atoms with Crippen molar-refractivity contribution in [2.75, 3.05) is 0 Å². The minimum Gasteiger partial charge on any atom is -0.337 e. The van der Waals surface area contributed by atoms with E-state index in [9.17, 15) is 4.79 Å². The highest BCUT2D eigenvalue weighted by Gasteiger charge is 2.04. The molecule has 0 aliphatic carbocycles. The number of aromatic nitrogens is 2. The molecular weight excluding hydrogens is 176 g/mol. The molecule has 2 aromatic heterocycles. The largest absolute Gasteiger partial charge is 0.337 e. The molecule has 0 fully saturated rings. The Morgan fingerprint density at radius 2 is 2.07 bits per heavy atom. The van der Waals surface area contributed by atoms with Crippen LogP contribution in [-0.2, 0) is 0 Å². The molecule has 3 aromatic rings. The summed E-state index contributed by atoms with van der Waals surface area (Å²) in [5, 5.41) is 2.32. The lowest BCUT2D eigenvalue weighted by molar-refractivity contribution is 0.111. The fraction of sp³-hybridized carbons (Fsp3) is 0. The van der Waals surface area contributed by atoms with E-state index in [-0.39, 0.29) is 0 Å². The predicted octanol–water partition coefficient (Wildman–Crippen LogP) is 2.23. The van der Waals surface area contributed by atoms with Gasteiger partial charge < -0.3 is 9.38 Å². The monoisotopic (exact) mass is 184 g/mol. The van der Waals surface area contributed by atoms with E-state index in [1.807, 2.05) is 28.8 Å². The SMILES string of the molecule is O=Cc1cn2cc3ccccc3c2[nH]1. The van der Waals surface area contributed by atoms with Gasteiger partial charge in [0.15, 0.2) is 6.29 Å². The minimum atomic E-state index is 0.603. The van der Waals surface area contributed by atoms with Crippen LogP contribution in [0.2, 0.25) is 0 Å². The number of nitrogens with one attached hydrogen (secondary N) is 1. The number of hydrogen-bond acceptors (Lipinski definition) is 1. The predicted molar refractivity (Wildman–Crippen MR) is 54.6 cm³/mol. The first-order valence-corrected chi connectivity index (χ1v) is 4.42. The Hall–Kier alpha value is -2.03. The fourth-order valence-electron chi connectivity index (χ4n) is 1.79. The number of carbonyl (C=O) groups is 1. The molecule has 0 bridgehead atoms. The number of imidazole rings is 1. The van der Waals surface area contributed by atoms with Crippen molar-refractivity contribution in [3.05, 3.63) is 42.4 Å². The van der Waals surface area contributed by atoms with Gasteiger partial charge in [0, 0.05) is 23.2 Å². The Morgan fingerprint density at radius 3 is 2.93 bits per heavy atom. The average Bonchev–Trinajstić information content (AvgIpc) is 2.73. The average molecular weight is 184 g/mol. The summed E-state index contributed by atoms with van der Waals surface area (Å²) < 4.78 is 1.94. The molecule has 2 heterocycles. The highest BCUT2D eigenvalue weighted by atomic mass is 16.1. The first-order valence-electron chi connectivity index (χ1n) is 4.42. The maximum absolute atomic E-state index is 10.6. The second-order valence-corrected chi connectivity index (χ2v) is 3.30. The summed E-state index contributed by atoms with van der Waals surface area (Å²) in [5.74, 6) is 0. The summed E-state index contributed by atoms with van der Waals surface area (Å²) in [7, 11) is 0. The van der Waals surface area contributed by atoms with Gasteiger partial charge >= 0.3 is 0 Å². The second-order valence-electron chi connectivity index (χ2n) is 3.30. The smallest absolute Gasteiger partial charge is 0.167 e. The molecule has 3 nitrogen and oxygen atoms in total. The van der Waals surface area contributed by atoms with Crippen molar-refractivity contribution < 1.29 is 4.79 Å². The van der Waals surface area contributed by atoms with Gasteiger partial charge in [0.1, 0.15) is 5.65 Å². The number of fused-ring (bicyclic) bond motifs is 3. The molecule has 0 unspecified atom stereocenters. The van der Waals surface area contributed by atoms with Gasteiger partial charge in [-0.3, -0.25) is 4.79 Å². The zero-order valence-corrected chi connectivity index (χ0v) is 7.40.